The molecule has 1 aliphatic heterocycles. The number of rotatable bonds is 5. The number of ether oxygens (including phenoxy) is 2. The van der Waals surface area contributed by atoms with Gasteiger partial charge in [0.2, 0.25) is 0 Å². The van der Waals surface area contributed by atoms with Crippen LogP contribution in [0.5, 0.6) is 5.75 Å². The van der Waals surface area contributed by atoms with Gasteiger partial charge in [0.05, 0.1) is 36.5 Å². The minimum Gasteiger partial charge on any atom is -0.497 e. The molecule has 0 spiro atoms. The summed E-state index contributed by atoms with van der Waals surface area (Å²) < 4.78 is 26.3. The molecule has 5 rings (SSSR count). The van der Waals surface area contributed by atoms with Crippen LogP contribution < -0.4 is 4.74 Å². The molecule has 7 heteroatoms. The van der Waals surface area contributed by atoms with Crippen molar-refractivity contribution in [3.63, 3.8) is 0 Å². The molecular formula is C27H28ClFN3O2. The van der Waals surface area contributed by atoms with E-state index >= 15 is 4.39 Å². The summed E-state index contributed by atoms with van der Waals surface area (Å²) in [4.78, 5) is 10.7. The second-order valence-electron chi connectivity index (χ2n) is 9.15. The average molecular weight is 481 g/mol. The van der Waals surface area contributed by atoms with Gasteiger partial charge in [0.15, 0.2) is 11.6 Å². The highest BCUT2D eigenvalue weighted by atomic mass is 35.5. The van der Waals surface area contributed by atoms with Gasteiger partial charge in [0, 0.05) is 30.0 Å². The summed E-state index contributed by atoms with van der Waals surface area (Å²) in [6.45, 7) is 4.93. The van der Waals surface area contributed by atoms with Crippen LogP contribution in [0.15, 0.2) is 53.7 Å². The number of halogens is 2. The highest BCUT2D eigenvalue weighted by molar-refractivity contribution is 6.32. The molecule has 0 amide bonds. The predicted molar refractivity (Wildman–Crippen MR) is 131 cm³/mol. The molecule has 2 atom stereocenters. The van der Waals surface area contributed by atoms with Crippen molar-refractivity contribution in [2.45, 2.75) is 44.6 Å². The normalized spacial score (nSPS) is 22.9. The smallest absolute Gasteiger partial charge is 0.173 e. The monoisotopic (exact) mass is 480 g/mol. The molecule has 2 aliphatic rings. The first-order chi connectivity index (χ1) is 16.4. The quantitative estimate of drug-likeness (QED) is 0.450. The Bertz CT molecular complexity index is 1310. The molecule has 177 valence electrons. The predicted octanol–water partition coefficient (Wildman–Crippen LogP) is 6.55. The number of hydrogen-bond donors (Lipinski definition) is 1. The molecular weight excluding hydrogens is 453 g/mol. The van der Waals surface area contributed by atoms with E-state index in [4.69, 9.17) is 26.1 Å². The molecule has 1 saturated heterocycles. The second-order valence-corrected chi connectivity index (χ2v) is 9.56. The van der Waals surface area contributed by atoms with Crippen LogP contribution in [0, 0.1) is 13.0 Å². The maximum Gasteiger partial charge on any atom is 0.173 e. The number of aromatic nitrogens is 2. The first-order valence-corrected chi connectivity index (χ1v) is 11.9. The Balaban J connectivity index is 1.56. The van der Waals surface area contributed by atoms with Crippen LogP contribution in [0.3, 0.4) is 0 Å². The molecule has 1 radical (unpaired) electrons. The van der Waals surface area contributed by atoms with Gasteiger partial charge in [-0.05, 0) is 62.1 Å². The van der Waals surface area contributed by atoms with Crippen molar-refractivity contribution >= 4 is 22.6 Å². The number of allylic oxidation sites excluding steroid dienone is 3. The Morgan fingerprint density at radius 2 is 2.06 bits per heavy atom. The van der Waals surface area contributed by atoms with Crippen LogP contribution in [-0.4, -0.2) is 35.6 Å². The molecule has 34 heavy (non-hydrogen) atoms. The van der Waals surface area contributed by atoms with Crippen molar-refractivity contribution in [1.29, 1.82) is 0 Å². The average Bonchev–Trinajstić information content (AvgIpc) is 3.46. The van der Waals surface area contributed by atoms with E-state index < -0.39 is 11.4 Å². The molecule has 1 aliphatic carbocycles. The van der Waals surface area contributed by atoms with Crippen molar-refractivity contribution < 1.29 is 13.9 Å². The molecule has 2 heterocycles. The van der Waals surface area contributed by atoms with E-state index in [-0.39, 0.29) is 11.7 Å². The number of hydrogen-bond acceptors (Lipinski definition) is 4. The molecule has 1 unspecified atom stereocenters. The summed E-state index contributed by atoms with van der Waals surface area (Å²) in [7, 11) is 3.15. The number of fused-ring (bicyclic) bond motifs is 1. The Kier molecular flexibility index (Phi) is 5.80. The third kappa shape index (κ3) is 3.65. The zero-order valence-corrected chi connectivity index (χ0v) is 20.6. The summed E-state index contributed by atoms with van der Waals surface area (Å²) in [5.74, 6) is 1.14. The summed E-state index contributed by atoms with van der Waals surface area (Å²) in [6, 6.07) is 11.6. The van der Waals surface area contributed by atoms with Gasteiger partial charge in [-0.3, -0.25) is 0 Å². The molecule has 0 bridgehead atoms. The number of imidazole rings is 1. The summed E-state index contributed by atoms with van der Waals surface area (Å²) in [5, 5.41) is 0.694. The largest absolute Gasteiger partial charge is 0.497 e. The third-order valence-corrected chi connectivity index (χ3v) is 7.59. The molecule has 1 aromatic heterocycles. The Labute approximate surface area is 204 Å². The van der Waals surface area contributed by atoms with Gasteiger partial charge < -0.3 is 19.4 Å². The standard InChI is InChI=1S/C27H28ClFN3O2/c1-16-20(28)9-10-22-24(16)31-26(30-22)27(2)11-6-12-32(27)23-15-18(14-21(29)25(23)34-4)17-7-5-8-19(13-17)33-3/h5,7-10,13,18H,6,11-12,15H2,1-4H3,(H,30,31)/t18?,27-/m0/s1. The van der Waals surface area contributed by atoms with E-state index in [1.165, 1.54) is 7.11 Å². The zero-order chi connectivity index (χ0) is 24.0. The van der Waals surface area contributed by atoms with Crippen molar-refractivity contribution in [2.24, 2.45) is 0 Å². The summed E-state index contributed by atoms with van der Waals surface area (Å²) >= 11 is 6.34. The number of benzene rings is 2. The highest BCUT2D eigenvalue weighted by Gasteiger charge is 2.44. The fourth-order valence-electron chi connectivity index (χ4n) is 5.27. The van der Waals surface area contributed by atoms with Crippen LogP contribution in [0.4, 0.5) is 4.39 Å². The van der Waals surface area contributed by atoms with E-state index in [0.29, 0.717) is 11.4 Å². The Morgan fingerprint density at radius 3 is 2.82 bits per heavy atom. The lowest BCUT2D eigenvalue weighted by atomic mass is 9.87. The first kappa shape index (κ1) is 22.8. The van der Waals surface area contributed by atoms with Gasteiger partial charge in [-0.25, -0.2) is 9.37 Å². The van der Waals surface area contributed by atoms with Gasteiger partial charge in [-0.15, -0.1) is 0 Å². The maximum absolute atomic E-state index is 15.3. The van der Waals surface area contributed by atoms with Crippen molar-refractivity contribution in [3.05, 3.63) is 81.7 Å². The van der Waals surface area contributed by atoms with E-state index in [1.807, 2.05) is 43.3 Å². The lowest BCUT2D eigenvalue weighted by Gasteiger charge is -2.39. The number of nitrogens with zero attached hydrogens (tertiary/aromatic N) is 2. The second kappa shape index (κ2) is 8.66. The van der Waals surface area contributed by atoms with Gasteiger partial charge in [0.25, 0.3) is 0 Å². The van der Waals surface area contributed by atoms with E-state index in [0.717, 1.165) is 58.8 Å². The van der Waals surface area contributed by atoms with Gasteiger partial charge in [0.1, 0.15) is 11.6 Å². The fraction of sp³-hybridized carbons (Fsp3) is 0.370. The topological polar surface area (TPSA) is 50.4 Å². The SMILES string of the molecule is COC1=C(N2CCC[C@@]2(C)c2nc3c(C)c(Cl)ccc3[nH]2)CC(c2cccc(OC)c2)[C]=C1F. The molecule has 1 fully saturated rings. The van der Waals surface area contributed by atoms with E-state index in [1.54, 1.807) is 7.11 Å². The highest BCUT2D eigenvalue weighted by Crippen LogP contribution is 2.46. The number of likely N-dealkylation sites (tertiary alicyclic amines) is 1. The molecule has 2 aromatic carbocycles. The van der Waals surface area contributed by atoms with E-state index in [9.17, 15) is 0 Å². The summed E-state index contributed by atoms with van der Waals surface area (Å²) in [5.41, 5.74) is 4.12. The van der Waals surface area contributed by atoms with Crippen molar-refractivity contribution in [2.75, 3.05) is 20.8 Å². The lowest BCUT2D eigenvalue weighted by Crippen LogP contribution is -2.40. The van der Waals surface area contributed by atoms with Crippen LogP contribution in [-0.2, 0) is 10.3 Å². The number of methoxy groups -OCH3 is 2. The minimum absolute atomic E-state index is 0.245. The minimum atomic E-state index is -0.460. The van der Waals surface area contributed by atoms with Crippen LogP contribution in [0.1, 0.15) is 49.1 Å². The number of aryl methyl sites for hydroxylation is 1. The van der Waals surface area contributed by atoms with Crippen LogP contribution in [0.25, 0.3) is 11.0 Å². The molecule has 1 N–H and O–H groups in total. The van der Waals surface area contributed by atoms with Crippen LogP contribution >= 0.6 is 11.6 Å². The van der Waals surface area contributed by atoms with Crippen molar-refractivity contribution in [3.8, 4) is 5.75 Å². The van der Waals surface area contributed by atoms with Gasteiger partial charge in [-0.2, -0.15) is 0 Å². The van der Waals surface area contributed by atoms with Gasteiger partial charge >= 0.3 is 0 Å². The van der Waals surface area contributed by atoms with Crippen molar-refractivity contribution in [1.82, 2.24) is 14.9 Å². The zero-order valence-electron chi connectivity index (χ0n) is 19.8. The van der Waals surface area contributed by atoms with E-state index in [2.05, 4.69) is 22.9 Å². The number of nitrogens with one attached hydrogen (secondary N) is 1. The fourth-order valence-corrected chi connectivity index (χ4v) is 5.42. The van der Waals surface area contributed by atoms with Gasteiger partial charge in [-0.1, -0.05) is 23.7 Å². The Hall–Kier alpha value is -2.99. The Morgan fingerprint density at radius 1 is 1.24 bits per heavy atom. The third-order valence-electron chi connectivity index (χ3n) is 7.18. The summed E-state index contributed by atoms with van der Waals surface area (Å²) in [6.07, 6.45) is 5.41. The molecule has 0 saturated carbocycles. The first-order valence-electron chi connectivity index (χ1n) is 11.5. The molecule has 5 nitrogen and oxygen atoms in total. The lowest BCUT2D eigenvalue weighted by molar-refractivity contribution is 0.162. The number of aromatic amines is 1. The number of H-pyrrole nitrogens is 1. The molecule has 3 aromatic rings. The van der Waals surface area contributed by atoms with Crippen LogP contribution in [0.2, 0.25) is 5.02 Å². The maximum atomic E-state index is 15.3.